The van der Waals surface area contributed by atoms with E-state index >= 15 is 0 Å². The van der Waals surface area contributed by atoms with Crippen molar-refractivity contribution >= 4 is 5.90 Å². The summed E-state index contributed by atoms with van der Waals surface area (Å²) in [6.07, 6.45) is 3.65. The molecule has 0 saturated carbocycles. The number of aryl methyl sites for hydroxylation is 2. The maximum absolute atomic E-state index is 11.8. The first kappa shape index (κ1) is 11.3. The van der Waals surface area contributed by atoms with Crippen molar-refractivity contribution in [3.05, 3.63) is 65.5 Å². The zero-order chi connectivity index (χ0) is 12.3. The summed E-state index contributed by atoms with van der Waals surface area (Å²) in [7, 11) is 0. The summed E-state index contributed by atoms with van der Waals surface area (Å²) in [5.74, 6) is -0.236. The lowest BCUT2D eigenvalue weighted by Crippen LogP contribution is -2.34. The van der Waals surface area contributed by atoms with Gasteiger partial charge in [0.15, 0.2) is 0 Å². The molecule has 0 spiro atoms. The molecule has 0 unspecified atom stereocenters. The van der Waals surface area contributed by atoms with Crippen LogP contribution in [0.4, 0.5) is 0 Å². The molecule has 3 heteroatoms. The summed E-state index contributed by atoms with van der Waals surface area (Å²) in [6, 6.07) is 11.1. The van der Waals surface area contributed by atoms with Gasteiger partial charge >= 0.3 is 0 Å². The Morgan fingerprint density at radius 1 is 1.06 bits per heavy atom. The Labute approximate surface area is 101 Å². The molecular formula is C14H14N2O. The number of aromatic nitrogens is 1. The molecule has 0 radical (unpaired) electrons. The lowest BCUT2D eigenvalue weighted by atomic mass is 10.2. The predicted octanol–water partition coefficient (Wildman–Crippen LogP) is 1.16. The van der Waals surface area contributed by atoms with E-state index in [1.165, 1.54) is 0 Å². The van der Waals surface area contributed by atoms with E-state index in [4.69, 9.17) is 0 Å². The molecule has 0 N–H and O–H groups in total. The van der Waals surface area contributed by atoms with Crippen molar-refractivity contribution in [3.8, 4) is 0 Å². The van der Waals surface area contributed by atoms with Crippen LogP contribution < -0.4 is 9.78 Å². The second-order valence-electron chi connectivity index (χ2n) is 4.04. The standard InChI is InChI=1S/C14H14N2O/c1-11-8-12(2)10-16(9-11)15-14(17)13-6-4-3-5-7-13/h3-10H,1-2H3. The largest absolute Gasteiger partial charge is 0.854 e. The Balaban J connectivity index is 2.36. The van der Waals surface area contributed by atoms with Gasteiger partial charge in [-0.05, 0) is 30.6 Å². The maximum Gasteiger partial charge on any atom is 0.205 e. The highest BCUT2D eigenvalue weighted by molar-refractivity contribution is 5.89. The number of nitrogens with zero attached hydrogens (tertiary/aromatic N) is 2. The monoisotopic (exact) mass is 226 g/mol. The molecule has 0 atom stereocenters. The second kappa shape index (κ2) is 4.78. The van der Waals surface area contributed by atoms with Gasteiger partial charge < -0.3 is 5.11 Å². The van der Waals surface area contributed by atoms with Crippen molar-refractivity contribution in [3.63, 3.8) is 0 Å². The fourth-order valence-electron chi connectivity index (χ4n) is 1.69. The normalized spacial score (nSPS) is 11.5. The lowest BCUT2D eigenvalue weighted by Gasteiger charge is -2.06. The summed E-state index contributed by atoms with van der Waals surface area (Å²) < 4.78 is 1.57. The zero-order valence-corrected chi connectivity index (χ0v) is 9.92. The molecule has 0 fully saturated rings. The van der Waals surface area contributed by atoms with Gasteiger partial charge in [-0.3, -0.25) is 0 Å². The van der Waals surface area contributed by atoms with Crippen LogP contribution in [0.5, 0.6) is 0 Å². The number of rotatable bonds is 2. The van der Waals surface area contributed by atoms with Gasteiger partial charge in [0, 0.05) is 11.1 Å². The van der Waals surface area contributed by atoms with Crippen molar-refractivity contribution in [2.24, 2.45) is 5.10 Å². The molecule has 0 bridgehead atoms. The van der Waals surface area contributed by atoms with Crippen LogP contribution in [0.3, 0.4) is 0 Å². The average Bonchev–Trinajstić information content (AvgIpc) is 2.28. The fraction of sp³-hybridized carbons (Fsp3) is 0.143. The molecule has 86 valence electrons. The van der Waals surface area contributed by atoms with Crippen LogP contribution in [0.15, 0.2) is 53.9 Å². The summed E-state index contributed by atoms with van der Waals surface area (Å²) >= 11 is 0. The molecule has 0 aliphatic carbocycles. The van der Waals surface area contributed by atoms with E-state index in [2.05, 4.69) is 5.10 Å². The van der Waals surface area contributed by atoms with Gasteiger partial charge in [0.1, 0.15) is 0 Å². The van der Waals surface area contributed by atoms with E-state index in [0.29, 0.717) is 5.56 Å². The minimum absolute atomic E-state index is 0.236. The lowest BCUT2D eigenvalue weighted by molar-refractivity contribution is -0.682. The van der Waals surface area contributed by atoms with Crippen LogP contribution in [0.25, 0.3) is 0 Å². The third-order valence-corrected chi connectivity index (χ3v) is 2.35. The van der Waals surface area contributed by atoms with Gasteiger partial charge in [-0.15, -0.1) is 0 Å². The Morgan fingerprint density at radius 2 is 1.65 bits per heavy atom. The number of pyridine rings is 1. The molecule has 17 heavy (non-hydrogen) atoms. The van der Waals surface area contributed by atoms with Crippen molar-refractivity contribution in [1.82, 2.24) is 0 Å². The first-order valence-electron chi connectivity index (χ1n) is 5.46. The van der Waals surface area contributed by atoms with Crippen molar-refractivity contribution in [1.29, 1.82) is 0 Å². The van der Waals surface area contributed by atoms with E-state index in [0.717, 1.165) is 11.1 Å². The molecule has 2 aromatic rings. The molecule has 0 aliphatic rings. The smallest absolute Gasteiger partial charge is 0.205 e. The molecule has 0 saturated heterocycles. The minimum Gasteiger partial charge on any atom is -0.854 e. The molecular weight excluding hydrogens is 212 g/mol. The Bertz CT molecular complexity index is 527. The Morgan fingerprint density at radius 3 is 2.24 bits per heavy atom. The van der Waals surface area contributed by atoms with Crippen LogP contribution in [-0.4, -0.2) is 5.90 Å². The summed E-state index contributed by atoms with van der Waals surface area (Å²) in [5.41, 5.74) is 2.75. The van der Waals surface area contributed by atoms with Crippen molar-refractivity contribution in [2.45, 2.75) is 13.8 Å². The van der Waals surface area contributed by atoms with Gasteiger partial charge in [-0.25, -0.2) is 0 Å². The molecule has 0 amide bonds. The quantitative estimate of drug-likeness (QED) is 0.430. The molecule has 1 aromatic heterocycles. The molecule has 1 heterocycles. The molecule has 1 aromatic carbocycles. The highest BCUT2D eigenvalue weighted by atomic mass is 16.3. The maximum atomic E-state index is 11.8. The second-order valence-corrected chi connectivity index (χ2v) is 4.04. The van der Waals surface area contributed by atoms with Crippen LogP contribution >= 0.6 is 0 Å². The highest BCUT2D eigenvalue weighted by Crippen LogP contribution is 1.99. The van der Waals surface area contributed by atoms with Gasteiger partial charge in [0.25, 0.3) is 0 Å². The minimum atomic E-state index is -0.236. The first-order valence-corrected chi connectivity index (χ1v) is 5.46. The van der Waals surface area contributed by atoms with Crippen LogP contribution in [0.1, 0.15) is 16.7 Å². The van der Waals surface area contributed by atoms with Crippen molar-refractivity contribution in [2.75, 3.05) is 0 Å². The topological polar surface area (TPSA) is 39.3 Å². The Kier molecular flexibility index (Phi) is 3.19. The number of hydrogen-bond acceptors (Lipinski definition) is 2. The van der Waals surface area contributed by atoms with Gasteiger partial charge in [-0.1, -0.05) is 35.0 Å². The first-order chi connectivity index (χ1) is 8.15. The zero-order valence-electron chi connectivity index (χ0n) is 9.92. The van der Waals surface area contributed by atoms with Crippen LogP contribution in [0, 0.1) is 13.8 Å². The van der Waals surface area contributed by atoms with Crippen LogP contribution in [0.2, 0.25) is 0 Å². The molecule has 2 rings (SSSR count). The summed E-state index contributed by atoms with van der Waals surface area (Å²) in [5, 5.41) is 15.9. The van der Waals surface area contributed by atoms with E-state index in [9.17, 15) is 5.11 Å². The van der Waals surface area contributed by atoms with Gasteiger partial charge in [0.2, 0.25) is 12.4 Å². The number of benzene rings is 1. The van der Waals surface area contributed by atoms with Gasteiger partial charge in [0.05, 0.1) is 5.90 Å². The van der Waals surface area contributed by atoms with Crippen molar-refractivity contribution < 1.29 is 9.78 Å². The van der Waals surface area contributed by atoms with E-state index in [1.807, 2.05) is 50.5 Å². The highest BCUT2D eigenvalue weighted by Gasteiger charge is 2.01. The van der Waals surface area contributed by atoms with Crippen LogP contribution in [-0.2, 0) is 0 Å². The predicted molar refractivity (Wildman–Crippen MR) is 64.5 cm³/mol. The third-order valence-electron chi connectivity index (χ3n) is 2.35. The molecule has 3 nitrogen and oxygen atoms in total. The average molecular weight is 226 g/mol. The molecule has 0 aliphatic heterocycles. The van der Waals surface area contributed by atoms with Gasteiger partial charge in [-0.2, -0.15) is 0 Å². The Hall–Kier alpha value is -2.16. The van der Waals surface area contributed by atoms with E-state index < -0.39 is 0 Å². The number of hydrogen-bond donors (Lipinski definition) is 0. The van der Waals surface area contributed by atoms with E-state index in [-0.39, 0.29) is 5.90 Å². The fourth-order valence-corrected chi connectivity index (χ4v) is 1.69. The SMILES string of the molecule is Cc1cc(C)c[n+](/N=C(\[O-])c2ccccc2)c1. The summed E-state index contributed by atoms with van der Waals surface area (Å²) in [4.78, 5) is 0. The summed E-state index contributed by atoms with van der Waals surface area (Å²) in [6.45, 7) is 3.96. The third kappa shape index (κ3) is 2.91. The van der Waals surface area contributed by atoms with E-state index in [1.54, 1.807) is 16.8 Å².